The number of benzene rings is 2. The van der Waals surface area contributed by atoms with Crippen molar-refractivity contribution in [2.75, 3.05) is 0 Å². The van der Waals surface area contributed by atoms with Gasteiger partial charge in [-0.2, -0.15) is 0 Å². The van der Waals surface area contributed by atoms with Crippen LogP contribution in [0.2, 0.25) is 0 Å². The molecule has 0 heterocycles. The first-order chi connectivity index (χ1) is 9.65. The maximum Gasteiger partial charge on any atom is 0.124 e. The molecule has 0 radical (unpaired) electrons. The highest BCUT2D eigenvalue weighted by Gasteiger charge is 2.22. The van der Waals surface area contributed by atoms with Gasteiger partial charge < -0.3 is 10.5 Å². The Labute approximate surface area is 125 Å². The summed E-state index contributed by atoms with van der Waals surface area (Å²) < 4.78 is 19.7. The first kappa shape index (κ1) is 13.6. The number of fused-ring (bicyclic) bond motifs is 1. The number of hydrogen-bond donors (Lipinski definition) is 1. The van der Waals surface area contributed by atoms with Crippen molar-refractivity contribution in [3.05, 3.63) is 63.4 Å². The van der Waals surface area contributed by atoms with Crippen LogP contribution in [0.15, 0.2) is 40.9 Å². The van der Waals surface area contributed by atoms with Gasteiger partial charge in [0, 0.05) is 16.1 Å². The van der Waals surface area contributed by atoms with E-state index in [-0.39, 0.29) is 11.9 Å². The number of rotatable bonds is 3. The van der Waals surface area contributed by atoms with E-state index in [1.165, 1.54) is 23.3 Å². The van der Waals surface area contributed by atoms with Crippen LogP contribution in [0, 0.1) is 5.82 Å². The summed E-state index contributed by atoms with van der Waals surface area (Å²) in [7, 11) is 0. The van der Waals surface area contributed by atoms with Gasteiger partial charge in [0.25, 0.3) is 0 Å². The maximum atomic E-state index is 13.0. The Morgan fingerprint density at radius 2 is 2.15 bits per heavy atom. The molecule has 0 fully saturated rings. The Morgan fingerprint density at radius 1 is 1.30 bits per heavy atom. The van der Waals surface area contributed by atoms with Crippen LogP contribution in [0.1, 0.15) is 29.2 Å². The van der Waals surface area contributed by atoms with Gasteiger partial charge in [0.05, 0.1) is 0 Å². The largest absolute Gasteiger partial charge is 0.489 e. The number of hydrogen-bond acceptors (Lipinski definition) is 2. The average molecular weight is 336 g/mol. The van der Waals surface area contributed by atoms with Gasteiger partial charge >= 0.3 is 0 Å². The minimum absolute atomic E-state index is 0.117. The molecule has 1 aliphatic carbocycles. The summed E-state index contributed by atoms with van der Waals surface area (Å²) in [5, 5.41) is 0. The first-order valence-corrected chi connectivity index (χ1v) is 7.38. The highest BCUT2D eigenvalue weighted by atomic mass is 79.9. The minimum Gasteiger partial charge on any atom is -0.489 e. The topological polar surface area (TPSA) is 35.2 Å². The van der Waals surface area contributed by atoms with Gasteiger partial charge in [0.2, 0.25) is 0 Å². The Balaban J connectivity index is 1.79. The van der Waals surface area contributed by atoms with E-state index in [9.17, 15) is 4.39 Å². The molecule has 0 amide bonds. The smallest absolute Gasteiger partial charge is 0.124 e. The molecule has 104 valence electrons. The van der Waals surface area contributed by atoms with Crippen molar-refractivity contribution in [3.63, 3.8) is 0 Å². The van der Waals surface area contributed by atoms with Gasteiger partial charge in [0.15, 0.2) is 0 Å². The molecule has 0 aliphatic heterocycles. The van der Waals surface area contributed by atoms with Crippen molar-refractivity contribution in [2.45, 2.75) is 25.5 Å². The standard InChI is InChI=1S/C16H15BrFNO/c17-14-8-11(18)5-4-10(14)9-20-16-3-1-2-12-13(16)6-7-15(12)19/h1-5,8,15H,6-7,9,19H2. The highest BCUT2D eigenvalue weighted by molar-refractivity contribution is 9.10. The van der Waals surface area contributed by atoms with Crippen molar-refractivity contribution in [2.24, 2.45) is 5.73 Å². The van der Waals surface area contributed by atoms with Gasteiger partial charge in [-0.25, -0.2) is 4.39 Å². The molecule has 1 atom stereocenters. The lowest BCUT2D eigenvalue weighted by Crippen LogP contribution is -2.05. The molecule has 20 heavy (non-hydrogen) atoms. The zero-order chi connectivity index (χ0) is 14.1. The molecule has 0 spiro atoms. The van der Waals surface area contributed by atoms with Crippen molar-refractivity contribution in [1.29, 1.82) is 0 Å². The molecule has 2 nitrogen and oxygen atoms in total. The van der Waals surface area contributed by atoms with Gasteiger partial charge in [-0.05, 0) is 42.2 Å². The molecule has 0 saturated carbocycles. The number of nitrogens with two attached hydrogens (primary N) is 1. The average Bonchev–Trinajstić information content (AvgIpc) is 2.80. The van der Waals surface area contributed by atoms with E-state index in [2.05, 4.69) is 22.0 Å². The van der Waals surface area contributed by atoms with E-state index in [1.54, 1.807) is 6.07 Å². The molecule has 1 unspecified atom stereocenters. The Kier molecular flexibility index (Phi) is 3.76. The van der Waals surface area contributed by atoms with Gasteiger partial charge in [-0.15, -0.1) is 0 Å². The molecule has 4 heteroatoms. The van der Waals surface area contributed by atoms with Crippen LogP contribution < -0.4 is 10.5 Å². The van der Waals surface area contributed by atoms with E-state index in [4.69, 9.17) is 10.5 Å². The third-order valence-electron chi connectivity index (χ3n) is 3.67. The summed E-state index contributed by atoms with van der Waals surface area (Å²) in [5.41, 5.74) is 9.37. The lowest BCUT2D eigenvalue weighted by atomic mass is 10.1. The summed E-state index contributed by atoms with van der Waals surface area (Å²) in [6.07, 6.45) is 1.92. The van der Waals surface area contributed by atoms with Crippen molar-refractivity contribution >= 4 is 15.9 Å². The highest BCUT2D eigenvalue weighted by Crippen LogP contribution is 2.36. The maximum absolute atomic E-state index is 13.0. The van der Waals surface area contributed by atoms with Crippen molar-refractivity contribution in [1.82, 2.24) is 0 Å². The lowest BCUT2D eigenvalue weighted by molar-refractivity contribution is 0.302. The molecule has 3 rings (SSSR count). The van der Waals surface area contributed by atoms with Crippen LogP contribution in [0.3, 0.4) is 0 Å². The van der Waals surface area contributed by atoms with Crippen molar-refractivity contribution in [3.8, 4) is 5.75 Å². The molecule has 2 N–H and O–H groups in total. The second kappa shape index (κ2) is 5.54. The van der Waals surface area contributed by atoms with Gasteiger partial charge in [-0.1, -0.05) is 34.1 Å². The normalized spacial score (nSPS) is 17.1. The van der Waals surface area contributed by atoms with Crippen LogP contribution in [0.4, 0.5) is 4.39 Å². The van der Waals surface area contributed by atoms with E-state index in [0.717, 1.165) is 28.6 Å². The summed E-state index contributed by atoms with van der Waals surface area (Å²) >= 11 is 3.35. The zero-order valence-corrected chi connectivity index (χ0v) is 12.5. The van der Waals surface area contributed by atoms with Crippen LogP contribution in [-0.4, -0.2) is 0 Å². The zero-order valence-electron chi connectivity index (χ0n) is 10.9. The Hall–Kier alpha value is -1.39. The molecular formula is C16H15BrFNO. The van der Waals surface area contributed by atoms with Crippen LogP contribution >= 0.6 is 15.9 Å². The molecule has 0 aromatic heterocycles. The minimum atomic E-state index is -0.257. The summed E-state index contributed by atoms with van der Waals surface area (Å²) in [6.45, 7) is 0.409. The van der Waals surface area contributed by atoms with Crippen LogP contribution in [0.25, 0.3) is 0 Å². The van der Waals surface area contributed by atoms with Gasteiger partial charge in [-0.3, -0.25) is 0 Å². The van der Waals surface area contributed by atoms with Crippen LogP contribution in [0.5, 0.6) is 5.75 Å². The monoisotopic (exact) mass is 335 g/mol. The quantitative estimate of drug-likeness (QED) is 0.915. The van der Waals surface area contributed by atoms with Crippen LogP contribution in [-0.2, 0) is 13.0 Å². The fraction of sp³-hybridized carbons (Fsp3) is 0.250. The fourth-order valence-electron chi connectivity index (χ4n) is 2.58. The molecular weight excluding hydrogens is 321 g/mol. The SMILES string of the molecule is NC1CCc2c(OCc3ccc(F)cc3Br)cccc21. The molecule has 0 bridgehead atoms. The summed E-state index contributed by atoms with van der Waals surface area (Å²) in [4.78, 5) is 0. The summed E-state index contributed by atoms with van der Waals surface area (Å²) in [6, 6.07) is 10.7. The third kappa shape index (κ3) is 2.58. The predicted octanol–water partition coefficient (Wildman–Crippen LogP) is 4.11. The first-order valence-electron chi connectivity index (χ1n) is 6.59. The lowest BCUT2D eigenvalue weighted by Gasteiger charge is -2.12. The van der Waals surface area contributed by atoms with E-state index in [0.29, 0.717) is 6.61 Å². The van der Waals surface area contributed by atoms with E-state index < -0.39 is 0 Å². The molecule has 2 aromatic carbocycles. The number of halogens is 2. The van der Waals surface area contributed by atoms with E-state index in [1.807, 2.05) is 12.1 Å². The Bertz CT molecular complexity index is 644. The van der Waals surface area contributed by atoms with E-state index >= 15 is 0 Å². The molecule has 2 aromatic rings. The summed E-state index contributed by atoms with van der Waals surface area (Å²) in [5.74, 6) is 0.624. The van der Waals surface area contributed by atoms with Gasteiger partial charge in [0.1, 0.15) is 18.2 Å². The third-order valence-corrected chi connectivity index (χ3v) is 4.41. The van der Waals surface area contributed by atoms with Crippen molar-refractivity contribution < 1.29 is 9.13 Å². The second-order valence-corrected chi connectivity index (χ2v) is 5.85. The Morgan fingerprint density at radius 3 is 2.95 bits per heavy atom. The predicted molar refractivity (Wildman–Crippen MR) is 80.1 cm³/mol. The fourth-order valence-corrected chi connectivity index (χ4v) is 3.05. The number of ether oxygens (including phenoxy) is 1. The second-order valence-electron chi connectivity index (χ2n) is 4.99. The molecule has 0 saturated heterocycles. The molecule has 1 aliphatic rings.